The number of hydrogen-bond donors (Lipinski definition) is 2. The van der Waals surface area contributed by atoms with Gasteiger partial charge in [-0.25, -0.2) is 10.3 Å². The molecular formula is C23H34N4O5. The molecule has 1 aliphatic carbocycles. The second-order valence-electron chi connectivity index (χ2n) is 8.33. The standard InChI is InChI=1S/C23H34N4O5/c1-3-25(4-2)23(30)32-18-10-11-19(20(16-18)21(28)24-31)22(29)27-14-12-26(13-15-27)17-8-6-5-7-9-17/h5-9,18-20,31H,3-4,10-16H2,1-2H3,(H,24,28). The van der Waals surface area contributed by atoms with Crippen molar-refractivity contribution in [2.75, 3.05) is 44.2 Å². The number of ether oxygens (including phenoxy) is 1. The van der Waals surface area contributed by atoms with Gasteiger partial charge < -0.3 is 19.4 Å². The van der Waals surface area contributed by atoms with Crippen molar-refractivity contribution in [3.8, 4) is 0 Å². The Morgan fingerprint density at radius 2 is 1.69 bits per heavy atom. The van der Waals surface area contributed by atoms with E-state index in [1.54, 1.807) is 10.4 Å². The van der Waals surface area contributed by atoms with E-state index in [0.717, 1.165) is 18.8 Å². The number of amides is 3. The molecule has 1 saturated heterocycles. The van der Waals surface area contributed by atoms with Crippen LogP contribution in [0.25, 0.3) is 0 Å². The van der Waals surface area contributed by atoms with E-state index in [2.05, 4.69) is 17.0 Å². The Labute approximate surface area is 189 Å². The van der Waals surface area contributed by atoms with Gasteiger partial charge in [0.05, 0.1) is 11.8 Å². The number of para-hydroxylation sites is 1. The molecule has 2 aliphatic rings. The van der Waals surface area contributed by atoms with Crippen molar-refractivity contribution in [2.45, 2.75) is 39.2 Å². The molecular weight excluding hydrogens is 412 g/mol. The molecule has 2 fully saturated rings. The molecule has 3 amide bonds. The number of benzene rings is 1. The summed E-state index contributed by atoms with van der Waals surface area (Å²) < 4.78 is 5.59. The largest absolute Gasteiger partial charge is 0.446 e. The molecule has 0 bridgehead atoms. The minimum atomic E-state index is -0.733. The summed E-state index contributed by atoms with van der Waals surface area (Å²) >= 11 is 0. The molecule has 32 heavy (non-hydrogen) atoms. The molecule has 1 aromatic rings. The minimum Gasteiger partial charge on any atom is -0.446 e. The fraction of sp³-hybridized carbons (Fsp3) is 0.609. The summed E-state index contributed by atoms with van der Waals surface area (Å²) in [4.78, 5) is 43.6. The van der Waals surface area contributed by atoms with Crippen LogP contribution < -0.4 is 10.4 Å². The van der Waals surface area contributed by atoms with Gasteiger partial charge in [-0.15, -0.1) is 0 Å². The lowest BCUT2D eigenvalue weighted by Gasteiger charge is -2.40. The van der Waals surface area contributed by atoms with Crippen molar-refractivity contribution in [1.82, 2.24) is 15.3 Å². The van der Waals surface area contributed by atoms with E-state index in [0.29, 0.717) is 39.0 Å². The molecule has 1 aliphatic heterocycles. The highest BCUT2D eigenvalue weighted by atomic mass is 16.6. The van der Waals surface area contributed by atoms with Crippen molar-refractivity contribution in [3.05, 3.63) is 30.3 Å². The molecule has 2 N–H and O–H groups in total. The molecule has 176 valence electrons. The van der Waals surface area contributed by atoms with Crippen LogP contribution in [0.5, 0.6) is 0 Å². The van der Waals surface area contributed by atoms with Gasteiger partial charge in [-0.3, -0.25) is 14.8 Å². The van der Waals surface area contributed by atoms with Crippen molar-refractivity contribution < 1.29 is 24.3 Å². The highest BCUT2D eigenvalue weighted by Crippen LogP contribution is 2.34. The lowest BCUT2D eigenvalue weighted by Crippen LogP contribution is -2.53. The second-order valence-corrected chi connectivity index (χ2v) is 8.33. The zero-order valence-electron chi connectivity index (χ0n) is 18.9. The third-order valence-electron chi connectivity index (χ3n) is 6.57. The van der Waals surface area contributed by atoms with E-state index < -0.39 is 29.9 Å². The summed E-state index contributed by atoms with van der Waals surface area (Å²) in [5.41, 5.74) is 2.83. The van der Waals surface area contributed by atoms with E-state index in [4.69, 9.17) is 4.74 Å². The maximum atomic E-state index is 13.3. The van der Waals surface area contributed by atoms with E-state index in [1.165, 1.54) is 0 Å². The van der Waals surface area contributed by atoms with E-state index in [-0.39, 0.29) is 12.3 Å². The topological polar surface area (TPSA) is 102 Å². The Balaban J connectivity index is 1.60. The predicted octanol–water partition coefficient (Wildman–Crippen LogP) is 2.10. The number of rotatable bonds is 6. The van der Waals surface area contributed by atoms with Gasteiger partial charge >= 0.3 is 6.09 Å². The van der Waals surface area contributed by atoms with Crippen molar-refractivity contribution in [1.29, 1.82) is 0 Å². The molecule has 1 aromatic carbocycles. The predicted molar refractivity (Wildman–Crippen MR) is 119 cm³/mol. The normalized spacial score (nSPS) is 23.4. The number of carbonyl (C=O) groups excluding carboxylic acids is 3. The van der Waals surface area contributed by atoms with E-state index in [9.17, 15) is 19.6 Å². The van der Waals surface area contributed by atoms with Crippen LogP contribution >= 0.6 is 0 Å². The zero-order chi connectivity index (χ0) is 23.1. The number of piperazine rings is 1. The second kappa shape index (κ2) is 11.2. The monoisotopic (exact) mass is 446 g/mol. The molecule has 0 radical (unpaired) electrons. The summed E-state index contributed by atoms with van der Waals surface area (Å²) in [5, 5.41) is 9.24. The molecule has 9 heteroatoms. The van der Waals surface area contributed by atoms with Crippen LogP contribution in [-0.4, -0.2) is 78.3 Å². The molecule has 1 saturated carbocycles. The van der Waals surface area contributed by atoms with Gasteiger partial charge in [0.2, 0.25) is 11.8 Å². The Hall–Kier alpha value is -2.81. The smallest absolute Gasteiger partial charge is 0.410 e. The summed E-state index contributed by atoms with van der Waals surface area (Å²) in [7, 11) is 0. The first-order valence-corrected chi connectivity index (χ1v) is 11.5. The van der Waals surface area contributed by atoms with Gasteiger partial charge in [-0.1, -0.05) is 18.2 Å². The number of hydroxylamine groups is 1. The van der Waals surface area contributed by atoms with Crippen LogP contribution in [0.3, 0.4) is 0 Å². The first kappa shape index (κ1) is 23.8. The fourth-order valence-electron chi connectivity index (χ4n) is 4.66. The van der Waals surface area contributed by atoms with Gasteiger partial charge in [0, 0.05) is 45.0 Å². The average molecular weight is 447 g/mol. The number of anilines is 1. The van der Waals surface area contributed by atoms with Crippen LogP contribution in [0.4, 0.5) is 10.5 Å². The summed E-state index contributed by atoms with van der Waals surface area (Å²) in [6.07, 6.45) is 0.309. The van der Waals surface area contributed by atoms with Crippen LogP contribution in [-0.2, 0) is 14.3 Å². The van der Waals surface area contributed by atoms with Crippen LogP contribution in [0.15, 0.2) is 30.3 Å². The fourth-order valence-corrected chi connectivity index (χ4v) is 4.66. The van der Waals surface area contributed by atoms with Gasteiger partial charge in [0.15, 0.2) is 0 Å². The van der Waals surface area contributed by atoms with E-state index in [1.807, 2.05) is 36.9 Å². The number of hydrogen-bond acceptors (Lipinski definition) is 6. The number of carbonyl (C=O) groups is 3. The SMILES string of the molecule is CCN(CC)C(=O)OC1CCC(C(=O)N2CCN(c3ccccc3)CC2)C(C(=O)NO)C1. The van der Waals surface area contributed by atoms with Crippen LogP contribution in [0.2, 0.25) is 0 Å². The Morgan fingerprint density at radius 3 is 2.28 bits per heavy atom. The van der Waals surface area contributed by atoms with Gasteiger partial charge in [-0.2, -0.15) is 0 Å². The summed E-state index contributed by atoms with van der Waals surface area (Å²) in [5.74, 6) is -1.94. The first-order chi connectivity index (χ1) is 15.5. The maximum Gasteiger partial charge on any atom is 0.410 e. The summed E-state index contributed by atoms with van der Waals surface area (Å²) in [6.45, 7) is 7.44. The zero-order valence-corrected chi connectivity index (χ0v) is 18.9. The first-order valence-electron chi connectivity index (χ1n) is 11.5. The van der Waals surface area contributed by atoms with Crippen molar-refractivity contribution >= 4 is 23.6 Å². The highest BCUT2D eigenvalue weighted by Gasteiger charge is 2.42. The number of nitrogens with one attached hydrogen (secondary N) is 1. The molecule has 9 nitrogen and oxygen atoms in total. The van der Waals surface area contributed by atoms with Crippen molar-refractivity contribution in [3.63, 3.8) is 0 Å². The van der Waals surface area contributed by atoms with Gasteiger partial charge in [0.25, 0.3) is 0 Å². The molecule has 0 spiro atoms. The average Bonchev–Trinajstić information content (AvgIpc) is 2.84. The summed E-state index contributed by atoms with van der Waals surface area (Å²) in [6, 6.07) is 10.1. The lowest BCUT2D eigenvalue weighted by molar-refractivity contribution is -0.149. The van der Waals surface area contributed by atoms with Crippen molar-refractivity contribution in [2.24, 2.45) is 11.8 Å². The molecule has 3 rings (SSSR count). The Bertz CT molecular complexity index is 778. The Kier molecular flexibility index (Phi) is 8.33. The van der Waals surface area contributed by atoms with Gasteiger partial charge in [-0.05, 0) is 45.2 Å². The quantitative estimate of drug-likeness (QED) is 0.513. The lowest BCUT2D eigenvalue weighted by atomic mass is 9.76. The van der Waals surface area contributed by atoms with E-state index >= 15 is 0 Å². The number of nitrogens with zero attached hydrogens (tertiary/aromatic N) is 3. The molecule has 0 aromatic heterocycles. The highest BCUT2D eigenvalue weighted by molar-refractivity contribution is 5.87. The molecule has 3 atom stereocenters. The molecule has 3 unspecified atom stereocenters. The van der Waals surface area contributed by atoms with Crippen LogP contribution in [0, 0.1) is 11.8 Å². The van der Waals surface area contributed by atoms with Crippen LogP contribution in [0.1, 0.15) is 33.1 Å². The molecule has 1 heterocycles. The third kappa shape index (κ3) is 5.51. The Morgan fingerprint density at radius 1 is 1.03 bits per heavy atom. The maximum absolute atomic E-state index is 13.3. The third-order valence-corrected chi connectivity index (χ3v) is 6.57. The minimum absolute atomic E-state index is 0.0696. The van der Waals surface area contributed by atoms with Gasteiger partial charge in [0.1, 0.15) is 6.10 Å².